The minimum Gasteiger partial charge on any atom is -0.457 e. The third kappa shape index (κ3) is 5.07. The molecule has 0 spiro atoms. The van der Waals surface area contributed by atoms with Crippen molar-refractivity contribution in [3.05, 3.63) is 53.1 Å². The molecule has 1 atom stereocenters. The van der Waals surface area contributed by atoms with E-state index < -0.39 is 0 Å². The van der Waals surface area contributed by atoms with E-state index in [1.807, 2.05) is 52.0 Å². The van der Waals surface area contributed by atoms with Crippen molar-refractivity contribution in [2.24, 2.45) is 4.99 Å². The monoisotopic (exact) mass is 340 g/mol. The molecule has 0 heterocycles. The van der Waals surface area contributed by atoms with Gasteiger partial charge in [0.25, 0.3) is 0 Å². The molecular formula is C21H28N2O2. The first kappa shape index (κ1) is 19.0. The van der Waals surface area contributed by atoms with Crippen LogP contribution in [0.1, 0.15) is 43.6 Å². The molecule has 0 amide bonds. The highest BCUT2D eigenvalue weighted by molar-refractivity contribution is 5.94. The Bertz CT molecular complexity index is 754. The molecule has 134 valence electrons. The quantitative estimate of drug-likeness (QED) is 0.545. The Morgan fingerprint density at radius 1 is 1.16 bits per heavy atom. The number of rotatable bonds is 6. The van der Waals surface area contributed by atoms with Crippen LogP contribution in [0, 0.1) is 13.8 Å². The van der Waals surface area contributed by atoms with Crippen molar-refractivity contribution in [2.45, 2.75) is 40.7 Å². The second kappa shape index (κ2) is 8.67. The standard InChI is InChI=1S/C21H28N2O2/c1-7-22-17(5)23-20-11-15(3)21(12-14(20)2)25-19-10-8-9-18(13-19)16(4)24-6/h8-13,16H,7H2,1-6H3,(H,22,23). The smallest absolute Gasteiger partial charge is 0.130 e. The van der Waals surface area contributed by atoms with E-state index in [9.17, 15) is 0 Å². The van der Waals surface area contributed by atoms with E-state index in [-0.39, 0.29) is 6.10 Å². The maximum absolute atomic E-state index is 6.12. The molecule has 0 fully saturated rings. The Kier molecular flexibility index (Phi) is 6.59. The minimum atomic E-state index is 0.0405. The van der Waals surface area contributed by atoms with E-state index in [2.05, 4.69) is 29.4 Å². The van der Waals surface area contributed by atoms with Gasteiger partial charge in [0.05, 0.1) is 11.9 Å². The molecule has 0 aromatic heterocycles. The third-order valence-electron chi connectivity index (χ3n) is 4.14. The van der Waals surface area contributed by atoms with Crippen LogP contribution in [0.5, 0.6) is 11.5 Å². The van der Waals surface area contributed by atoms with Gasteiger partial charge in [0.1, 0.15) is 11.5 Å². The molecule has 4 heteroatoms. The summed E-state index contributed by atoms with van der Waals surface area (Å²) in [6.07, 6.45) is 0.0405. The largest absolute Gasteiger partial charge is 0.457 e. The number of methoxy groups -OCH3 is 1. The number of anilines is 1. The molecule has 1 N–H and O–H groups in total. The zero-order valence-electron chi connectivity index (χ0n) is 16.0. The van der Waals surface area contributed by atoms with Crippen molar-refractivity contribution in [3.8, 4) is 11.5 Å². The number of benzene rings is 2. The summed E-state index contributed by atoms with van der Waals surface area (Å²) in [6.45, 7) is 10.9. The first-order valence-electron chi connectivity index (χ1n) is 8.64. The molecular weight excluding hydrogens is 312 g/mol. The molecule has 0 aliphatic carbocycles. The van der Waals surface area contributed by atoms with Crippen molar-refractivity contribution >= 4 is 11.5 Å². The van der Waals surface area contributed by atoms with Crippen LogP contribution in [0.25, 0.3) is 0 Å². The SMILES string of the molecule is CCN=C(C)Nc1cc(C)c(Oc2cccc(C(C)OC)c2)cc1C. The first-order chi connectivity index (χ1) is 11.9. The van der Waals surface area contributed by atoms with Crippen LogP contribution in [0.15, 0.2) is 41.4 Å². The van der Waals surface area contributed by atoms with Gasteiger partial charge in [0, 0.05) is 19.3 Å². The van der Waals surface area contributed by atoms with Gasteiger partial charge in [0.2, 0.25) is 0 Å². The van der Waals surface area contributed by atoms with Gasteiger partial charge in [-0.2, -0.15) is 0 Å². The molecule has 2 aromatic rings. The van der Waals surface area contributed by atoms with Crippen LogP contribution in [0.4, 0.5) is 5.69 Å². The van der Waals surface area contributed by atoms with Crippen LogP contribution < -0.4 is 10.1 Å². The lowest BCUT2D eigenvalue weighted by atomic mass is 10.1. The van der Waals surface area contributed by atoms with Gasteiger partial charge in [-0.3, -0.25) is 4.99 Å². The zero-order chi connectivity index (χ0) is 18.4. The fourth-order valence-electron chi connectivity index (χ4n) is 2.60. The summed E-state index contributed by atoms with van der Waals surface area (Å²) in [6, 6.07) is 12.2. The van der Waals surface area contributed by atoms with Crippen molar-refractivity contribution < 1.29 is 9.47 Å². The highest BCUT2D eigenvalue weighted by Crippen LogP contribution is 2.31. The summed E-state index contributed by atoms with van der Waals surface area (Å²) in [5, 5.41) is 3.35. The minimum absolute atomic E-state index is 0.0405. The average molecular weight is 340 g/mol. The number of hydrogen-bond donors (Lipinski definition) is 1. The van der Waals surface area contributed by atoms with Crippen LogP contribution >= 0.6 is 0 Å². The van der Waals surface area contributed by atoms with Crippen molar-refractivity contribution in [3.63, 3.8) is 0 Å². The molecule has 2 aromatic carbocycles. The summed E-state index contributed by atoms with van der Waals surface area (Å²) in [4.78, 5) is 4.38. The van der Waals surface area contributed by atoms with Gasteiger partial charge >= 0.3 is 0 Å². The molecule has 0 aliphatic rings. The first-order valence-corrected chi connectivity index (χ1v) is 8.64. The van der Waals surface area contributed by atoms with Gasteiger partial charge in [-0.05, 0) is 75.6 Å². The third-order valence-corrected chi connectivity index (χ3v) is 4.14. The van der Waals surface area contributed by atoms with E-state index in [4.69, 9.17) is 9.47 Å². The Labute approximate surface area is 150 Å². The molecule has 2 rings (SSSR count). The topological polar surface area (TPSA) is 42.9 Å². The fraction of sp³-hybridized carbons (Fsp3) is 0.381. The van der Waals surface area contributed by atoms with Crippen LogP contribution in [0.2, 0.25) is 0 Å². The van der Waals surface area contributed by atoms with Gasteiger partial charge in [-0.25, -0.2) is 0 Å². The summed E-state index contributed by atoms with van der Waals surface area (Å²) in [5.41, 5.74) is 4.34. The lowest BCUT2D eigenvalue weighted by Gasteiger charge is -2.16. The average Bonchev–Trinajstić information content (AvgIpc) is 2.59. The predicted molar refractivity (Wildman–Crippen MR) is 105 cm³/mol. The van der Waals surface area contributed by atoms with Crippen LogP contribution in [-0.4, -0.2) is 19.5 Å². The van der Waals surface area contributed by atoms with Crippen molar-refractivity contribution in [2.75, 3.05) is 19.0 Å². The lowest BCUT2D eigenvalue weighted by molar-refractivity contribution is 0.119. The number of nitrogens with zero attached hydrogens (tertiary/aromatic N) is 1. The molecule has 0 radical (unpaired) electrons. The Hall–Kier alpha value is -2.33. The van der Waals surface area contributed by atoms with Crippen molar-refractivity contribution in [1.29, 1.82) is 0 Å². The zero-order valence-corrected chi connectivity index (χ0v) is 16.0. The fourth-order valence-corrected chi connectivity index (χ4v) is 2.60. The van der Waals surface area contributed by atoms with Gasteiger partial charge in [-0.15, -0.1) is 0 Å². The summed E-state index contributed by atoms with van der Waals surface area (Å²) in [5.74, 6) is 2.59. The van der Waals surface area contributed by atoms with Crippen LogP contribution in [0.3, 0.4) is 0 Å². The molecule has 0 bridgehead atoms. The summed E-state index contributed by atoms with van der Waals surface area (Å²) < 4.78 is 11.5. The molecule has 0 saturated carbocycles. The number of nitrogens with one attached hydrogen (secondary N) is 1. The maximum atomic E-state index is 6.12. The van der Waals surface area contributed by atoms with Crippen LogP contribution in [-0.2, 0) is 4.74 Å². The summed E-state index contributed by atoms with van der Waals surface area (Å²) >= 11 is 0. The Morgan fingerprint density at radius 3 is 2.60 bits per heavy atom. The lowest BCUT2D eigenvalue weighted by Crippen LogP contribution is -2.09. The highest BCUT2D eigenvalue weighted by atomic mass is 16.5. The molecule has 0 aliphatic heterocycles. The molecule has 0 saturated heterocycles. The van der Waals surface area contributed by atoms with E-state index in [0.717, 1.165) is 46.3 Å². The maximum Gasteiger partial charge on any atom is 0.130 e. The highest BCUT2D eigenvalue weighted by Gasteiger charge is 2.09. The van der Waals surface area contributed by atoms with E-state index >= 15 is 0 Å². The number of aryl methyl sites for hydroxylation is 2. The Balaban J connectivity index is 2.23. The van der Waals surface area contributed by atoms with E-state index in [1.54, 1.807) is 7.11 Å². The molecule has 25 heavy (non-hydrogen) atoms. The Morgan fingerprint density at radius 2 is 1.92 bits per heavy atom. The number of ether oxygens (including phenoxy) is 2. The van der Waals surface area contributed by atoms with Crippen molar-refractivity contribution in [1.82, 2.24) is 0 Å². The van der Waals surface area contributed by atoms with Gasteiger partial charge in [-0.1, -0.05) is 12.1 Å². The molecule has 4 nitrogen and oxygen atoms in total. The normalized spacial score (nSPS) is 12.8. The second-order valence-corrected chi connectivity index (χ2v) is 6.17. The van der Waals surface area contributed by atoms with Gasteiger partial charge < -0.3 is 14.8 Å². The number of aliphatic imine (C=N–C) groups is 1. The second-order valence-electron chi connectivity index (χ2n) is 6.17. The number of amidine groups is 1. The summed E-state index contributed by atoms with van der Waals surface area (Å²) in [7, 11) is 1.71. The molecule has 1 unspecified atom stereocenters. The van der Waals surface area contributed by atoms with E-state index in [1.165, 1.54) is 0 Å². The number of hydrogen-bond acceptors (Lipinski definition) is 3. The predicted octanol–water partition coefficient (Wildman–Crippen LogP) is 5.65. The van der Waals surface area contributed by atoms with Gasteiger partial charge in [0.15, 0.2) is 0 Å². The van der Waals surface area contributed by atoms with E-state index in [0.29, 0.717) is 0 Å².